The van der Waals surface area contributed by atoms with Crippen molar-refractivity contribution in [2.24, 2.45) is 12.0 Å². The smallest absolute Gasteiger partial charge is 0.155 e. The summed E-state index contributed by atoms with van der Waals surface area (Å²) in [7, 11) is 1.97. The summed E-state index contributed by atoms with van der Waals surface area (Å²) in [5, 5.41) is 0. The number of aromatic nitrogens is 2. The predicted octanol–water partition coefficient (Wildman–Crippen LogP) is 4.81. The number of aryl methyl sites for hydroxylation is 1. The van der Waals surface area contributed by atoms with Gasteiger partial charge in [-0.2, -0.15) is 0 Å². The number of imidazole rings is 1. The van der Waals surface area contributed by atoms with E-state index in [1.807, 2.05) is 43.7 Å². The maximum Gasteiger partial charge on any atom is 0.155 e. The Morgan fingerprint density at radius 3 is 2.10 bits per heavy atom. The molecule has 0 aliphatic heterocycles. The van der Waals surface area contributed by atoms with Crippen LogP contribution >= 0.6 is 0 Å². The van der Waals surface area contributed by atoms with Gasteiger partial charge in [0.05, 0.1) is 5.69 Å². The predicted molar refractivity (Wildman–Crippen MR) is 89.8 cm³/mol. The Labute approximate surface area is 122 Å². The van der Waals surface area contributed by atoms with Gasteiger partial charge in [-0.25, -0.2) is 9.98 Å². The largest absolute Gasteiger partial charge is 0.312 e. The fourth-order valence-electron chi connectivity index (χ4n) is 1.83. The zero-order chi connectivity index (χ0) is 15.5. The highest BCUT2D eigenvalue weighted by Gasteiger charge is 2.12. The minimum atomic E-state index is 0.862. The van der Waals surface area contributed by atoms with Gasteiger partial charge in [-0.05, 0) is 13.1 Å². The van der Waals surface area contributed by atoms with Crippen molar-refractivity contribution in [2.45, 2.75) is 27.2 Å². The second kappa shape index (κ2) is 9.73. The van der Waals surface area contributed by atoms with Crippen molar-refractivity contribution in [3.8, 4) is 11.4 Å². The van der Waals surface area contributed by atoms with Crippen molar-refractivity contribution in [1.29, 1.82) is 0 Å². The van der Waals surface area contributed by atoms with Crippen LogP contribution in [-0.4, -0.2) is 16.3 Å². The Hall–Kier alpha value is -2.16. The molecule has 0 bridgehead atoms. The van der Waals surface area contributed by atoms with E-state index < -0.39 is 0 Å². The van der Waals surface area contributed by atoms with E-state index in [0.717, 1.165) is 29.3 Å². The highest BCUT2D eigenvalue weighted by Crippen LogP contribution is 2.26. The second-order valence-corrected chi connectivity index (χ2v) is 3.64. The van der Waals surface area contributed by atoms with Gasteiger partial charge in [0, 0.05) is 12.6 Å². The summed E-state index contributed by atoms with van der Waals surface area (Å²) in [4.78, 5) is 8.64. The van der Waals surface area contributed by atoms with Crippen LogP contribution in [0.4, 0.5) is 5.82 Å². The summed E-state index contributed by atoms with van der Waals surface area (Å²) in [5.74, 6) is 1.81. The van der Waals surface area contributed by atoms with E-state index in [1.165, 1.54) is 0 Å². The van der Waals surface area contributed by atoms with Crippen LogP contribution in [-0.2, 0) is 13.5 Å². The molecule has 0 N–H and O–H groups in total. The van der Waals surface area contributed by atoms with E-state index in [1.54, 1.807) is 0 Å². The summed E-state index contributed by atoms with van der Waals surface area (Å²) in [6, 6.07) is 10.1. The van der Waals surface area contributed by atoms with E-state index in [-0.39, 0.29) is 0 Å². The molecule has 0 saturated carbocycles. The van der Waals surface area contributed by atoms with Crippen molar-refractivity contribution >= 4 is 12.5 Å². The molecule has 0 spiro atoms. The summed E-state index contributed by atoms with van der Waals surface area (Å²) in [6.07, 6.45) is 0.870. The van der Waals surface area contributed by atoms with Gasteiger partial charge in [0.25, 0.3) is 0 Å². The lowest BCUT2D eigenvalue weighted by atomic mass is 10.2. The summed E-state index contributed by atoms with van der Waals surface area (Å²) < 4.78 is 1.99. The first-order chi connectivity index (χ1) is 9.77. The first-order valence-electron chi connectivity index (χ1n) is 6.85. The van der Waals surface area contributed by atoms with E-state index >= 15 is 0 Å². The lowest BCUT2D eigenvalue weighted by molar-refractivity contribution is 0.922. The average molecular weight is 271 g/mol. The third-order valence-electron chi connectivity index (χ3n) is 2.65. The van der Waals surface area contributed by atoms with Crippen molar-refractivity contribution < 1.29 is 0 Å². The topological polar surface area (TPSA) is 30.2 Å². The highest BCUT2D eigenvalue weighted by atomic mass is 15.1. The van der Waals surface area contributed by atoms with Gasteiger partial charge >= 0.3 is 0 Å². The summed E-state index contributed by atoms with van der Waals surface area (Å²) >= 11 is 0. The van der Waals surface area contributed by atoms with Gasteiger partial charge < -0.3 is 4.57 Å². The fraction of sp³-hybridized carbons (Fsp3) is 0.294. The number of nitrogens with zero attached hydrogens (tertiary/aromatic N) is 3. The molecule has 1 aromatic carbocycles. The number of benzene rings is 1. The Morgan fingerprint density at radius 1 is 1.15 bits per heavy atom. The Kier molecular flexibility index (Phi) is 8.68. The summed E-state index contributed by atoms with van der Waals surface area (Å²) in [6.45, 7) is 15.7. The quantitative estimate of drug-likeness (QED) is 0.582. The standard InChI is InChI=1S/C13H15N3.C2H6.C2H4/c1-4-11-13(14-2)16(3)12(15-11)10-8-6-5-7-9-10;2*1-2/h5-9H,2,4H2,1,3H3;1-2H3;1-2H2. The van der Waals surface area contributed by atoms with E-state index in [0.29, 0.717) is 0 Å². The molecule has 0 atom stereocenters. The molecule has 1 heterocycles. The van der Waals surface area contributed by atoms with Gasteiger partial charge in [-0.1, -0.05) is 51.1 Å². The van der Waals surface area contributed by atoms with E-state index in [2.05, 4.69) is 48.9 Å². The monoisotopic (exact) mass is 271 g/mol. The maximum atomic E-state index is 4.60. The molecule has 0 unspecified atom stereocenters. The van der Waals surface area contributed by atoms with E-state index in [4.69, 9.17) is 0 Å². The van der Waals surface area contributed by atoms with Crippen molar-refractivity contribution in [1.82, 2.24) is 9.55 Å². The molecular weight excluding hydrogens is 246 g/mol. The van der Waals surface area contributed by atoms with Crippen molar-refractivity contribution in [2.75, 3.05) is 0 Å². The van der Waals surface area contributed by atoms with Crippen molar-refractivity contribution in [3.63, 3.8) is 0 Å². The minimum Gasteiger partial charge on any atom is -0.312 e. The van der Waals surface area contributed by atoms with Crippen LogP contribution in [0, 0.1) is 0 Å². The molecule has 2 rings (SSSR count). The number of hydrogen-bond donors (Lipinski definition) is 0. The third kappa shape index (κ3) is 3.92. The zero-order valence-electron chi connectivity index (χ0n) is 13.1. The Balaban J connectivity index is 0.000000829. The zero-order valence-corrected chi connectivity index (χ0v) is 13.1. The van der Waals surface area contributed by atoms with Crippen LogP contribution in [0.15, 0.2) is 48.5 Å². The lowest BCUT2D eigenvalue weighted by Crippen LogP contribution is -1.91. The van der Waals surface area contributed by atoms with Gasteiger partial charge in [0.15, 0.2) is 5.82 Å². The molecule has 0 aliphatic carbocycles. The first kappa shape index (κ1) is 17.8. The molecule has 0 radical (unpaired) electrons. The minimum absolute atomic E-state index is 0.862. The van der Waals surface area contributed by atoms with Crippen LogP contribution in [0.3, 0.4) is 0 Å². The Morgan fingerprint density at radius 2 is 1.70 bits per heavy atom. The molecule has 2 aromatic rings. The normalized spacial score (nSPS) is 8.80. The van der Waals surface area contributed by atoms with Crippen LogP contribution in [0.5, 0.6) is 0 Å². The van der Waals surface area contributed by atoms with Gasteiger partial charge in [-0.15, -0.1) is 13.2 Å². The molecule has 0 amide bonds. The molecular formula is C17H25N3. The van der Waals surface area contributed by atoms with Crippen LogP contribution in [0.25, 0.3) is 11.4 Å². The molecule has 108 valence electrons. The second-order valence-electron chi connectivity index (χ2n) is 3.64. The fourth-order valence-corrected chi connectivity index (χ4v) is 1.83. The lowest BCUT2D eigenvalue weighted by Gasteiger charge is -2.02. The molecule has 20 heavy (non-hydrogen) atoms. The molecule has 0 saturated heterocycles. The van der Waals surface area contributed by atoms with Crippen LogP contribution < -0.4 is 0 Å². The van der Waals surface area contributed by atoms with Crippen LogP contribution in [0.2, 0.25) is 0 Å². The Bertz CT molecular complexity index is 513. The maximum absolute atomic E-state index is 4.60. The van der Waals surface area contributed by atoms with Gasteiger partial charge in [-0.3, -0.25) is 0 Å². The molecule has 3 nitrogen and oxygen atoms in total. The molecule has 1 aromatic heterocycles. The molecule has 0 aliphatic rings. The van der Waals surface area contributed by atoms with Gasteiger partial charge in [0.2, 0.25) is 0 Å². The SMILES string of the molecule is C=C.C=Nc1c(CC)nc(-c2ccccc2)n1C.CC. The summed E-state index contributed by atoms with van der Waals surface area (Å²) in [5.41, 5.74) is 2.10. The first-order valence-corrected chi connectivity index (χ1v) is 6.85. The third-order valence-corrected chi connectivity index (χ3v) is 2.65. The highest BCUT2D eigenvalue weighted by molar-refractivity contribution is 5.61. The number of rotatable bonds is 3. The van der Waals surface area contributed by atoms with E-state index in [9.17, 15) is 0 Å². The molecule has 3 heteroatoms. The van der Waals surface area contributed by atoms with Crippen LogP contribution in [0.1, 0.15) is 26.5 Å². The molecule has 0 fully saturated rings. The van der Waals surface area contributed by atoms with Crippen molar-refractivity contribution in [3.05, 3.63) is 49.2 Å². The van der Waals surface area contributed by atoms with Gasteiger partial charge in [0.1, 0.15) is 5.82 Å². The number of hydrogen-bond acceptors (Lipinski definition) is 2. The average Bonchev–Trinajstić information content (AvgIpc) is 2.88. The number of aliphatic imine (C=N–C) groups is 1.